The second kappa shape index (κ2) is 22.7. The van der Waals surface area contributed by atoms with Crippen LogP contribution in [0.1, 0.15) is 128 Å². The second-order valence-electron chi connectivity index (χ2n) is 14.8. The number of carbonyl (C=O) groups excluding carboxylic acids is 4. The molecule has 4 atom stereocenters. The molecule has 0 radical (unpaired) electrons. The van der Waals surface area contributed by atoms with Crippen LogP contribution in [0.15, 0.2) is 84.9 Å². The van der Waals surface area contributed by atoms with Gasteiger partial charge in [0.1, 0.15) is 11.4 Å². The van der Waals surface area contributed by atoms with Crippen LogP contribution in [0.3, 0.4) is 0 Å². The fourth-order valence-corrected chi connectivity index (χ4v) is 7.06. The summed E-state index contributed by atoms with van der Waals surface area (Å²) in [4.78, 5) is 59.2. The van der Waals surface area contributed by atoms with Gasteiger partial charge in [0.15, 0.2) is 11.6 Å². The van der Waals surface area contributed by atoms with Crippen LogP contribution in [-0.4, -0.2) is 99.0 Å². The highest BCUT2D eigenvalue weighted by Gasteiger charge is 2.21. The number of nitrogens with one attached hydrogen (secondary N) is 4. The summed E-state index contributed by atoms with van der Waals surface area (Å²) in [7, 11) is 3.13. The van der Waals surface area contributed by atoms with Crippen molar-refractivity contribution in [2.45, 2.75) is 76.4 Å². The van der Waals surface area contributed by atoms with Crippen LogP contribution in [0, 0.1) is 0 Å². The topological polar surface area (TPSA) is 161 Å². The summed E-state index contributed by atoms with van der Waals surface area (Å²) < 4.78 is 11.4. The molecule has 0 aliphatic carbocycles. The Labute approximate surface area is 342 Å². The molecule has 0 unspecified atom stereocenters. The molecular weight excluding hydrogens is 733 g/mol. The van der Waals surface area contributed by atoms with Gasteiger partial charge >= 0.3 is 0 Å². The van der Waals surface area contributed by atoms with E-state index in [1.807, 2.05) is 86.6 Å². The van der Waals surface area contributed by atoms with E-state index < -0.39 is 0 Å². The standard InChI is InChI=1S/2C23H29N3O3/c2*1-16(17-7-4-3-5-8-17)20-13-18(14-21(26-20)23(28)24-2)22(27)10-6-9-19-15-25-11-12-29-19/h2*3-5,7-8,13-14,16,19,25H,6,9-12,15H2,1-2H3,(H,24,28)/t16-,19+;16-,19-/m01/s1. The number of benzene rings is 2. The molecular formula is C46H58N6O6. The molecule has 6 rings (SSSR count). The third kappa shape index (κ3) is 12.9. The lowest BCUT2D eigenvalue weighted by molar-refractivity contribution is 0.0221. The first-order chi connectivity index (χ1) is 28.2. The zero-order valence-corrected chi connectivity index (χ0v) is 34.2. The van der Waals surface area contributed by atoms with Gasteiger partial charge in [0.05, 0.1) is 25.4 Å². The Morgan fingerprint density at radius 3 is 1.38 bits per heavy atom. The monoisotopic (exact) mass is 790 g/mol. The zero-order valence-electron chi connectivity index (χ0n) is 34.2. The number of morpholine rings is 2. The largest absolute Gasteiger partial charge is 0.376 e. The van der Waals surface area contributed by atoms with Crippen LogP contribution in [0.2, 0.25) is 0 Å². The molecule has 4 N–H and O–H groups in total. The van der Waals surface area contributed by atoms with Crippen LogP contribution in [0.5, 0.6) is 0 Å². The van der Waals surface area contributed by atoms with Crippen molar-refractivity contribution in [3.8, 4) is 0 Å². The number of carbonyl (C=O) groups is 4. The van der Waals surface area contributed by atoms with E-state index in [2.05, 4.69) is 31.2 Å². The van der Waals surface area contributed by atoms with E-state index in [0.29, 0.717) is 24.0 Å². The molecule has 2 fully saturated rings. The van der Waals surface area contributed by atoms with E-state index in [1.165, 1.54) is 0 Å². The van der Waals surface area contributed by atoms with Crippen molar-refractivity contribution in [1.82, 2.24) is 31.2 Å². The molecule has 0 bridgehead atoms. The van der Waals surface area contributed by atoms with Gasteiger partial charge in [-0.3, -0.25) is 19.2 Å². The van der Waals surface area contributed by atoms with E-state index >= 15 is 0 Å². The number of hydrogen-bond acceptors (Lipinski definition) is 10. The predicted molar refractivity (Wildman–Crippen MR) is 225 cm³/mol. The molecule has 4 aromatic rings. The van der Waals surface area contributed by atoms with Crippen molar-refractivity contribution in [2.75, 3.05) is 53.5 Å². The van der Waals surface area contributed by atoms with E-state index in [0.717, 1.165) is 87.6 Å². The smallest absolute Gasteiger partial charge is 0.269 e. The van der Waals surface area contributed by atoms with Gasteiger partial charge in [-0.25, -0.2) is 9.97 Å². The lowest BCUT2D eigenvalue weighted by Gasteiger charge is -2.23. The number of hydrogen-bond donors (Lipinski definition) is 4. The lowest BCUT2D eigenvalue weighted by atomic mass is 9.94. The normalized spacial score (nSPS) is 17.5. The Morgan fingerprint density at radius 1 is 0.638 bits per heavy atom. The number of pyridine rings is 2. The Balaban J connectivity index is 0.000000221. The van der Waals surface area contributed by atoms with E-state index in [4.69, 9.17) is 9.47 Å². The van der Waals surface area contributed by atoms with Crippen molar-refractivity contribution in [2.24, 2.45) is 0 Å². The first-order valence-electron chi connectivity index (χ1n) is 20.5. The van der Waals surface area contributed by atoms with Crippen LogP contribution in [0.4, 0.5) is 0 Å². The minimum atomic E-state index is -0.289. The third-order valence-corrected chi connectivity index (χ3v) is 10.6. The maximum atomic E-state index is 12.8. The number of nitrogens with zero attached hydrogens (tertiary/aromatic N) is 2. The summed E-state index contributed by atoms with van der Waals surface area (Å²) in [5, 5.41) is 11.8. The molecule has 2 amide bonds. The van der Waals surface area contributed by atoms with Crippen LogP contribution in [-0.2, 0) is 9.47 Å². The average Bonchev–Trinajstić information content (AvgIpc) is 3.29. The second-order valence-corrected chi connectivity index (χ2v) is 14.8. The summed E-state index contributed by atoms with van der Waals surface area (Å²) in [6, 6.07) is 26.8. The van der Waals surface area contributed by atoms with Crippen LogP contribution < -0.4 is 21.3 Å². The first-order valence-corrected chi connectivity index (χ1v) is 20.5. The molecule has 2 aliphatic heterocycles. The van der Waals surface area contributed by atoms with Crippen LogP contribution >= 0.6 is 0 Å². The number of aromatic nitrogens is 2. The first kappa shape index (κ1) is 44.0. The molecule has 308 valence electrons. The lowest BCUT2D eigenvalue weighted by Crippen LogP contribution is -2.38. The quantitative estimate of drug-likeness (QED) is 0.101. The molecule has 2 aliphatic rings. The average molecular weight is 791 g/mol. The van der Waals surface area contributed by atoms with Gasteiger partial charge in [0.2, 0.25) is 0 Å². The van der Waals surface area contributed by atoms with Crippen molar-refractivity contribution < 1.29 is 28.7 Å². The summed E-state index contributed by atoms with van der Waals surface area (Å²) in [5.74, 6) is -0.556. The molecule has 4 heterocycles. The number of ether oxygens (including phenoxy) is 2. The predicted octanol–water partition coefficient (Wildman–Crippen LogP) is 5.87. The highest BCUT2D eigenvalue weighted by molar-refractivity contribution is 6.00. The van der Waals surface area contributed by atoms with E-state index in [-0.39, 0.29) is 58.8 Å². The third-order valence-electron chi connectivity index (χ3n) is 10.6. The van der Waals surface area contributed by atoms with Gasteiger partial charge in [0, 0.05) is 87.5 Å². The summed E-state index contributed by atoms with van der Waals surface area (Å²) in [6.45, 7) is 8.96. The van der Waals surface area contributed by atoms with E-state index in [1.54, 1.807) is 26.2 Å². The zero-order chi connectivity index (χ0) is 41.3. The van der Waals surface area contributed by atoms with Gasteiger partial charge < -0.3 is 30.7 Å². The number of ketones is 2. The molecule has 12 heteroatoms. The van der Waals surface area contributed by atoms with Crippen molar-refractivity contribution in [1.29, 1.82) is 0 Å². The van der Waals surface area contributed by atoms with Gasteiger partial charge in [-0.05, 0) is 61.1 Å². The van der Waals surface area contributed by atoms with Crippen molar-refractivity contribution in [3.63, 3.8) is 0 Å². The number of rotatable bonds is 16. The highest BCUT2D eigenvalue weighted by Crippen LogP contribution is 2.26. The number of amides is 2. The Hall–Kier alpha value is -5.14. The van der Waals surface area contributed by atoms with Crippen LogP contribution in [0.25, 0.3) is 0 Å². The maximum absolute atomic E-state index is 12.8. The molecule has 0 spiro atoms. The van der Waals surface area contributed by atoms with E-state index in [9.17, 15) is 19.2 Å². The Bertz CT molecular complexity index is 1810. The highest BCUT2D eigenvalue weighted by atomic mass is 16.5. The molecule has 2 aromatic heterocycles. The molecule has 0 saturated carbocycles. The fourth-order valence-electron chi connectivity index (χ4n) is 7.06. The summed E-state index contributed by atoms with van der Waals surface area (Å²) in [6.07, 6.45) is 4.40. The molecule has 2 aromatic carbocycles. The Kier molecular flexibility index (Phi) is 17.2. The SMILES string of the molecule is CNC(=O)c1cc(C(=O)CCC[C@@H]2CNCCO2)cc([C@@H](C)c2ccccc2)n1.CNC(=O)c1cc(C(=O)CCC[C@@H]2CNCCO2)cc([C@H](C)c2ccccc2)n1. The maximum Gasteiger partial charge on any atom is 0.269 e. The minimum absolute atomic E-state index is 0.0194. The van der Waals surface area contributed by atoms with Crippen molar-refractivity contribution >= 4 is 23.4 Å². The summed E-state index contributed by atoms with van der Waals surface area (Å²) >= 11 is 0. The molecule has 12 nitrogen and oxygen atoms in total. The van der Waals surface area contributed by atoms with Gasteiger partial charge in [-0.15, -0.1) is 0 Å². The fraction of sp³-hybridized carbons (Fsp3) is 0.435. The van der Waals surface area contributed by atoms with Gasteiger partial charge in [-0.1, -0.05) is 74.5 Å². The molecule has 58 heavy (non-hydrogen) atoms. The minimum Gasteiger partial charge on any atom is -0.376 e. The Morgan fingerprint density at radius 2 is 1.03 bits per heavy atom. The van der Waals surface area contributed by atoms with Gasteiger partial charge in [-0.2, -0.15) is 0 Å². The number of Topliss-reactive ketones (excluding diaryl/α,β-unsaturated/α-hetero) is 2. The summed E-state index contributed by atoms with van der Waals surface area (Å²) in [5.41, 5.74) is 5.26. The van der Waals surface area contributed by atoms with Gasteiger partial charge in [0.25, 0.3) is 11.8 Å². The molecule has 2 saturated heterocycles. The van der Waals surface area contributed by atoms with Crippen molar-refractivity contribution in [3.05, 3.63) is 130 Å².